The fourth-order valence-corrected chi connectivity index (χ4v) is 1.46. The standard InChI is InChI=1S/C14H15F3O4/c1-3-20-13(19)7-12(18)10-5-4-9(6-11(10)15)21-8-14(2,16)17/h4-6H,3,7-8H2,1-2H3. The van der Waals surface area contributed by atoms with E-state index in [1.807, 2.05) is 0 Å². The largest absolute Gasteiger partial charge is 0.487 e. The van der Waals surface area contributed by atoms with Crippen LogP contribution in [0, 0.1) is 5.82 Å². The summed E-state index contributed by atoms with van der Waals surface area (Å²) < 4.78 is 48.2. The van der Waals surface area contributed by atoms with E-state index in [4.69, 9.17) is 4.74 Å². The van der Waals surface area contributed by atoms with Gasteiger partial charge in [-0.1, -0.05) is 0 Å². The molecular weight excluding hydrogens is 289 g/mol. The zero-order valence-corrected chi connectivity index (χ0v) is 11.6. The average molecular weight is 304 g/mol. The number of carbonyl (C=O) groups excluding carboxylic acids is 2. The van der Waals surface area contributed by atoms with Crippen molar-refractivity contribution in [3.8, 4) is 5.75 Å². The summed E-state index contributed by atoms with van der Waals surface area (Å²) in [5, 5.41) is 0. The van der Waals surface area contributed by atoms with Gasteiger partial charge in [0, 0.05) is 13.0 Å². The van der Waals surface area contributed by atoms with Crippen LogP contribution in [0.3, 0.4) is 0 Å². The number of benzene rings is 1. The lowest BCUT2D eigenvalue weighted by molar-refractivity contribution is -0.141. The van der Waals surface area contributed by atoms with Crippen LogP contribution in [-0.4, -0.2) is 30.9 Å². The first kappa shape index (κ1) is 17.0. The number of ether oxygens (including phenoxy) is 2. The smallest absolute Gasteiger partial charge is 0.313 e. The molecule has 0 atom stereocenters. The summed E-state index contributed by atoms with van der Waals surface area (Å²) in [7, 11) is 0. The Morgan fingerprint density at radius 1 is 1.29 bits per heavy atom. The van der Waals surface area contributed by atoms with Crippen molar-refractivity contribution in [3.05, 3.63) is 29.6 Å². The predicted octanol–water partition coefficient (Wildman–Crippen LogP) is 3.00. The Labute approximate surface area is 119 Å². The predicted molar refractivity (Wildman–Crippen MR) is 68.1 cm³/mol. The molecule has 0 aliphatic heterocycles. The molecule has 116 valence electrons. The highest BCUT2D eigenvalue weighted by Gasteiger charge is 2.23. The first-order chi connectivity index (χ1) is 9.73. The van der Waals surface area contributed by atoms with E-state index in [0.717, 1.165) is 12.1 Å². The van der Waals surface area contributed by atoms with Gasteiger partial charge in [-0.15, -0.1) is 0 Å². The summed E-state index contributed by atoms with van der Waals surface area (Å²) >= 11 is 0. The quantitative estimate of drug-likeness (QED) is 0.441. The zero-order chi connectivity index (χ0) is 16.0. The number of ketones is 1. The molecule has 0 spiro atoms. The first-order valence-electron chi connectivity index (χ1n) is 6.22. The van der Waals surface area contributed by atoms with Gasteiger partial charge in [-0.3, -0.25) is 9.59 Å². The lowest BCUT2D eigenvalue weighted by atomic mass is 10.1. The van der Waals surface area contributed by atoms with Crippen molar-refractivity contribution in [1.29, 1.82) is 0 Å². The Hall–Kier alpha value is -2.05. The minimum Gasteiger partial charge on any atom is -0.487 e. The molecule has 0 aliphatic rings. The Morgan fingerprint density at radius 3 is 2.48 bits per heavy atom. The van der Waals surface area contributed by atoms with E-state index in [1.54, 1.807) is 6.92 Å². The molecule has 1 aromatic rings. The van der Waals surface area contributed by atoms with Crippen LogP contribution in [0.4, 0.5) is 13.2 Å². The second-order valence-electron chi connectivity index (χ2n) is 4.41. The monoisotopic (exact) mass is 304 g/mol. The van der Waals surface area contributed by atoms with E-state index in [1.165, 1.54) is 6.07 Å². The van der Waals surface area contributed by atoms with Crippen molar-refractivity contribution in [3.63, 3.8) is 0 Å². The molecular formula is C14H15F3O4. The van der Waals surface area contributed by atoms with Crippen LogP contribution in [0.25, 0.3) is 0 Å². The third-order valence-corrected chi connectivity index (χ3v) is 2.34. The van der Waals surface area contributed by atoms with Crippen LogP contribution < -0.4 is 4.74 Å². The third kappa shape index (κ3) is 5.85. The molecule has 1 rings (SSSR count). The van der Waals surface area contributed by atoms with Gasteiger partial charge in [0.25, 0.3) is 5.92 Å². The molecule has 0 aromatic heterocycles. The molecule has 0 radical (unpaired) electrons. The number of rotatable bonds is 7. The van der Waals surface area contributed by atoms with Crippen molar-refractivity contribution < 1.29 is 32.2 Å². The fourth-order valence-electron chi connectivity index (χ4n) is 1.46. The Morgan fingerprint density at radius 2 is 1.95 bits per heavy atom. The molecule has 0 saturated carbocycles. The minimum absolute atomic E-state index is 0.118. The van der Waals surface area contributed by atoms with E-state index in [-0.39, 0.29) is 17.9 Å². The minimum atomic E-state index is -3.05. The summed E-state index contributed by atoms with van der Waals surface area (Å²) in [6.45, 7) is 1.47. The maximum Gasteiger partial charge on any atom is 0.313 e. The molecule has 21 heavy (non-hydrogen) atoms. The molecule has 0 saturated heterocycles. The lowest BCUT2D eigenvalue weighted by Crippen LogP contribution is -2.21. The van der Waals surface area contributed by atoms with Crippen LogP contribution in [0.15, 0.2) is 18.2 Å². The number of esters is 1. The molecule has 0 unspecified atom stereocenters. The molecule has 0 fully saturated rings. The van der Waals surface area contributed by atoms with Gasteiger partial charge < -0.3 is 9.47 Å². The summed E-state index contributed by atoms with van der Waals surface area (Å²) in [6.07, 6.45) is -0.585. The van der Waals surface area contributed by atoms with Gasteiger partial charge in [0.2, 0.25) is 0 Å². The van der Waals surface area contributed by atoms with Crippen LogP contribution in [0.1, 0.15) is 30.6 Å². The maximum atomic E-state index is 13.7. The number of hydrogen-bond donors (Lipinski definition) is 0. The number of hydrogen-bond acceptors (Lipinski definition) is 4. The molecule has 0 heterocycles. The van der Waals surface area contributed by atoms with Crippen LogP contribution in [-0.2, 0) is 9.53 Å². The van der Waals surface area contributed by atoms with Crippen LogP contribution >= 0.6 is 0 Å². The second-order valence-corrected chi connectivity index (χ2v) is 4.41. The maximum absolute atomic E-state index is 13.7. The van der Waals surface area contributed by atoms with E-state index in [0.29, 0.717) is 6.92 Å². The molecule has 0 aliphatic carbocycles. The topological polar surface area (TPSA) is 52.6 Å². The SMILES string of the molecule is CCOC(=O)CC(=O)c1ccc(OCC(C)(F)F)cc1F. The summed E-state index contributed by atoms with van der Waals surface area (Å²) in [5.74, 6) is -5.62. The van der Waals surface area contributed by atoms with E-state index >= 15 is 0 Å². The lowest BCUT2D eigenvalue weighted by Gasteiger charge is -2.12. The molecule has 4 nitrogen and oxygen atoms in total. The summed E-state index contributed by atoms with van der Waals surface area (Å²) in [5.41, 5.74) is -0.321. The van der Waals surface area contributed by atoms with E-state index < -0.39 is 36.5 Å². The van der Waals surface area contributed by atoms with Gasteiger partial charge in [0.15, 0.2) is 12.4 Å². The van der Waals surface area contributed by atoms with Crippen molar-refractivity contribution in [1.82, 2.24) is 0 Å². The van der Waals surface area contributed by atoms with Crippen molar-refractivity contribution >= 4 is 11.8 Å². The normalized spacial score (nSPS) is 11.1. The molecule has 0 amide bonds. The van der Waals surface area contributed by atoms with Crippen molar-refractivity contribution in [2.75, 3.05) is 13.2 Å². The third-order valence-electron chi connectivity index (χ3n) is 2.34. The van der Waals surface area contributed by atoms with Gasteiger partial charge in [0.1, 0.15) is 18.0 Å². The molecule has 0 bridgehead atoms. The van der Waals surface area contributed by atoms with Crippen LogP contribution in [0.2, 0.25) is 0 Å². The van der Waals surface area contributed by atoms with Crippen LogP contribution in [0.5, 0.6) is 5.75 Å². The highest BCUT2D eigenvalue weighted by molar-refractivity contribution is 6.06. The summed E-state index contributed by atoms with van der Waals surface area (Å²) in [4.78, 5) is 22.8. The number of alkyl halides is 2. The number of Topliss-reactive ketones (excluding diaryl/α,β-unsaturated/α-hetero) is 1. The van der Waals surface area contributed by atoms with Gasteiger partial charge in [-0.2, -0.15) is 0 Å². The fraction of sp³-hybridized carbons (Fsp3) is 0.429. The van der Waals surface area contributed by atoms with E-state index in [9.17, 15) is 22.8 Å². The Kier molecular flexibility index (Phi) is 5.75. The highest BCUT2D eigenvalue weighted by atomic mass is 19.3. The van der Waals surface area contributed by atoms with Crippen molar-refractivity contribution in [2.24, 2.45) is 0 Å². The van der Waals surface area contributed by atoms with E-state index in [2.05, 4.69) is 4.74 Å². The molecule has 1 aromatic carbocycles. The Bertz CT molecular complexity index is 523. The second kappa shape index (κ2) is 7.10. The zero-order valence-electron chi connectivity index (χ0n) is 11.6. The Balaban J connectivity index is 2.74. The highest BCUT2D eigenvalue weighted by Crippen LogP contribution is 2.20. The molecule has 0 N–H and O–H groups in total. The van der Waals surface area contributed by atoms with Gasteiger partial charge in [-0.25, -0.2) is 13.2 Å². The molecule has 7 heteroatoms. The number of carbonyl (C=O) groups is 2. The van der Waals surface area contributed by atoms with Crippen molar-refractivity contribution in [2.45, 2.75) is 26.2 Å². The first-order valence-corrected chi connectivity index (χ1v) is 6.22. The van der Waals surface area contributed by atoms with Gasteiger partial charge in [0.05, 0.1) is 12.2 Å². The van der Waals surface area contributed by atoms with Gasteiger partial charge >= 0.3 is 5.97 Å². The summed E-state index contributed by atoms with van der Waals surface area (Å²) in [6, 6.07) is 3.09. The number of halogens is 3. The van der Waals surface area contributed by atoms with Gasteiger partial charge in [-0.05, 0) is 19.1 Å². The average Bonchev–Trinajstić information content (AvgIpc) is 2.35.